The van der Waals surface area contributed by atoms with Gasteiger partial charge in [0.1, 0.15) is 0 Å². The van der Waals surface area contributed by atoms with Gasteiger partial charge in [-0.1, -0.05) is 533 Å². The number of unbranched alkanes of at least 4 members (excludes halogenated alkanes) is 37. The minimum absolute atomic E-state index is 0. The average molecular weight is 1330 g/mol. The molecule has 0 spiro atoms. The van der Waals surface area contributed by atoms with Gasteiger partial charge in [-0.3, -0.25) is 0 Å². The fourth-order valence-corrected chi connectivity index (χ4v) is 11.9. The zero-order chi connectivity index (χ0) is 71.7. The highest BCUT2D eigenvalue weighted by atomic mass is 14.2. The van der Waals surface area contributed by atoms with Gasteiger partial charge in [-0.2, -0.15) is 0 Å². The van der Waals surface area contributed by atoms with E-state index in [0.717, 1.165) is 36.5 Å². The van der Waals surface area contributed by atoms with Crippen molar-refractivity contribution in [3.63, 3.8) is 0 Å². The maximum absolute atomic E-state index is 2.38. The maximum atomic E-state index is 2.38. The first kappa shape index (κ1) is 107. The summed E-state index contributed by atoms with van der Waals surface area (Å²) in [6.07, 6.45) is 78.6. The van der Waals surface area contributed by atoms with Gasteiger partial charge in [-0.25, -0.2) is 0 Å². The van der Waals surface area contributed by atoms with Crippen LogP contribution in [0.25, 0.3) is 0 Å². The normalized spacial score (nSPS) is 12.9. The molecule has 0 saturated heterocycles. The topological polar surface area (TPSA) is 0 Å². The molecule has 0 aliphatic heterocycles. The highest BCUT2D eigenvalue weighted by molar-refractivity contribution is 5.22. The van der Waals surface area contributed by atoms with Gasteiger partial charge in [-0.05, 0) is 79.7 Å². The summed E-state index contributed by atoms with van der Waals surface area (Å²) < 4.78 is 0. The van der Waals surface area contributed by atoms with Crippen LogP contribution >= 0.6 is 0 Å². The molecule has 95 heavy (non-hydrogen) atoms. The minimum atomic E-state index is 0. The van der Waals surface area contributed by atoms with Gasteiger partial charge in [0.05, 0.1) is 0 Å². The smallest absolute Gasteiger partial charge is 0.0307 e. The molecule has 0 aromatic heterocycles. The predicted molar refractivity (Wildman–Crippen MR) is 451 cm³/mol. The highest BCUT2D eigenvalue weighted by Gasteiger charge is 2.14. The molecule has 0 unspecified atom stereocenters. The van der Waals surface area contributed by atoms with Crippen LogP contribution in [0, 0.1) is 42.9 Å². The molecule has 0 atom stereocenters. The van der Waals surface area contributed by atoms with Crippen LogP contribution in [0.5, 0.6) is 0 Å². The van der Waals surface area contributed by atoms with Crippen molar-refractivity contribution < 1.29 is 0 Å². The third kappa shape index (κ3) is 104. The van der Waals surface area contributed by atoms with E-state index in [1.54, 1.807) is 0 Å². The van der Waals surface area contributed by atoms with Gasteiger partial charge in [-0.15, -0.1) is 0 Å². The number of rotatable bonds is 48. The Morgan fingerprint density at radius 3 is 0.621 bits per heavy atom. The third-order valence-electron chi connectivity index (χ3n) is 19.5. The average Bonchev–Trinajstić information content (AvgIpc) is 2.19. The number of aryl methyl sites for hydroxylation is 4. The lowest BCUT2D eigenvalue weighted by Crippen LogP contribution is -2.09. The van der Waals surface area contributed by atoms with E-state index in [-0.39, 0.29) is 7.43 Å². The van der Waals surface area contributed by atoms with E-state index in [1.807, 2.05) is 0 Å². The molecule has 0 N–H and O–H groups in total. The first-order valence-electron chi connectivity index (χ1n) is 43.5. The molecule has 2 aromatic carbocycles. The van der Waals surface area contributed by atoms with Crippen molar-refractivity contribution in [2.45, 2.75) is 513 Å². The second kappa shape index (κ2) is 92.4. The van der Waals surface area contributed by atoms with E-state index in [1.165, 1.54) is 363 Å². The van der Waals surface area contributed by atoms with Gasteiger partial charge >= 0.3 is 0 Å². The fourth-order valence-electron chi connectivity index (χ4n) is 11.9. The molecular formula is C95H192. The Balaban J connectivity index is -0.000000186. The standard InChI is InChI=1S/C18H38.C14H30.C12H26.C10H14.C10H22.C9H20.C8H16.C8H10.C5H12.CH4/c1-3-5-7-9-11-13-15-17-18-16-14-12-10-8-6-4-2;1-3-5-7-9-11-13-14-12-10-8-6-4-2;1-3-5-7-9-11-12-10-8-6-4-2;1-3-9-5-7-10(4-2)8-6-9;1-4-6-8-10(3)9-7-5-2;1-5-7-9(3,4)8-6-2;2*1-7-3-5-8(2)6-4-7;1-4-5(2)3;/h3-18H2,1-2H3;3-14H2,1-2H3;3-12H2,1-2H3;5-8H,3-4H2,1-2H3;10H,4-9H2,1-3H3;5-8H2,1-4H3;7-8H,3-6H2,1-2H3;3-6H,1-2H3;5H,4H2,1-3H3;1H4. The Morgan fingerprint density at radius 1 is 0.295 bits per heavy atom. The van der Waals surface area contributed by atoms with Crippen molar-refractivity contribution >= 4 is 0 Å². The Bertz CT molecular complexity index is 1410. The predicted octanol–water partition coefficient (Wildman–Crippen LogP) is 36.2. The Labute approximate surface area is 609 Å². The van der Waals surface area contributed by atoms with Crippen LogP contribution in [0.1, 0.15) is 508 Å². The number of benzene rings is 2. The Hall–Kier alpha value is -1.56. The molecule has 1 saturated carbocycles. The van der Waals surface area contributed by atoms with Crippen molar-refractivity contribution in [1.82, 2.24) is 0 Å². The van der Waals surface area contributed by atoms with Crippen LogP contribution in [-0.4, -0.2) is 0 Å². The molecule has 0 nitrogen and oxygen atoms in total. The van der Waals surface area contributed by atoms with E-state index in [2.05, 4.69) is 201 Å². The fraction of sp³-hybridized carbons (Fsp3) is 0.874. The molecule has 0 bridgehead atoms. The summed E-state index contributed by atoms with van der Waals surface area (Å²) in [4.78, 5) is 0. The van der Waals surface area contributed by atoms with E-state index in [0.29, 0.717) is 5.41 Å². The SMILES string of the molecule is C.CC1CCC(C)CC1.CCC(C)C.CCCC(C)(C)CCC.CCCCC(C)CCCC.CCCCCCCCCCCC.CCCCCCCCCCCCCC.CCCCCCCCCCCCCCCCCC.CCc1ccc(CC)cc1.Cc1ccc(C)cc1. The maximum Gasteiger partial charge on any atom is -0.0307 e. The van der Waals surface area contributed by atoms with Crippen molar-refractivity contribution in [3.05, 3.63) is 70.8 Å². The summed E-state index contributed by atoms with van der Waals surface area (Å²) >= 11 is 0. The lowest BCUT2D eigenvalue weighted by molar-refractivity contribution is 0.301. The van der Waals surface area contributed by atoms with Crippen LogP contribution in [0.2, 0.25) is 0 Å². The van der Waals surface area contributed by atoms with E-state index in [9.17, 15) is 0 Å². The van der Waals surface area contributed by atoms with Crippen molar-refractivity contribution in [3.8, 4) is 0 Å². The van der Waals surface area contributed by atoms with Crippen LogP contribution in [0.3, 0.4) is 0 Å². The minimum Gasteiger partial charge on any atom is -0.0776 e. The lowest BCUT2D eigenvalue weighted by Gasteiger charge is -2.22. The van der Waals surface area contributed by atoms with Gasteiger partial charge in [0.2, 0.25) is 0 Å². The molecular weight excluding hydrogens is 1140 g/mol. The van der Waals surface area contributed by atoms with Gasteiger partial charge in [0, 0.05) is 0 Å². The first-order chi connectivity index (χ1) is 45.4. The van der Waals surface area contributed by atoms with Crippen molar-refractivity contribution in [2.24, 2.45) is 29.1 Å². The van der Waals surface area contributed by atoms with Crippen LogP contribution < -0.4 is 0 Å². The molecule has 572 valence electrons. The number of hydrogen-bond acceptors (Lipinski definition) is 0. The number of hydrogen-bond donors (Lipinski definition) is 0. The van der Waals surface area contributed by atoms with Gasteiger partial charge in [0.15, 0.2) is 0 Å². The molecule has 0 heterocycles. The molecule has 1 aliphatic carbocycles. The van der Waals surface area contributed by atoms with Crippen LogP contribution in [0.15, 0.2) is 48.5 Å². The van der Waals surface area contributed by atoms with E-state index < -0.39 is 0 Å². The Morgan fingerprint density at radius 2 is 0.474 bits per heavy atom. The highest BCUT2D eigenvalue weighted by Crippen LogP contribution is 2.28. The monoisotopic (exact) mass is 1330 g/mol. The quantitative estimate of drug-likeness (QED) is 0.0580. The molecule has 2 aromatic rings. The summed E-state index contributed by atoms with van der Waals surface area (Å²) in [5.74, 6) is 3.90. The van der Waals surface area contributed by atoms with Crippen LogP contribution in [-0.2, 0) is 12.8 Å². The molecule has 3 rings (SSSR count). The van der Waals surface area contributed by atoms with Gasteiger partial charge < -0.3 is 0 Å². The van der Waals surface area contributed by atoms with Crippen molar-refractivity contribution in [1.29, 1.82) is 0 Å². The summed E-state index contributed by atoms with van der Waals surface area (Å²) in [6, 6.07) is 17.3. The molecule has 0 heteroatoms. The van der Waals surface area contributed by atoms with Crippen molar-refractivity contribution in [2.75, 3.05) is 0 Å². The van der Waals surface area contributed by atoms with Gasteiger partial charge in [0.25, 0.3) is 0 Å². The van der Waals surface area contributed by atoms with E-state index in [4.69, 9.17) is 0 Å². The summed E-state index contributed by atoms with van der Waals surface area (Å²) in [7, 11) is 0. The molecule has 0 radical (unpaired) electrons. The zero-order valence-electron chi connectivity index (χ0n) is 70.3. The first-order valence-corrected chi connectivity index (χ1v) is 43.5. The lowest BCUT2D eigenvalue weighted by atomic mass is 9.84. The summed E-state index contributed by atoms with van der Waals surface area (Å²) in [6.45, 7) is 49.8. The molecule has 1 aliphatic rings. The van der Waals surface area contributed by atoms with E-state index >= 15 is 0 Å². The molecule has 1 fully saturated rings. The second-order valence-electron chi connectivity index (χ2n) is 31.2. The Kier molecular flexibility index (Phi) is 104. The zero-order valence-corrected chi connectivity index (χ0v) is 70.3. The second-order valence-corrected chi connectivity index (χ2v) is 31.2. The summed E-state index contributed by atoms with van der Waals surface area (Å²) in [5, 5.41) is 0. The largest absolute Gasteiger partial charge is 0.0776 e. The summed E-state index contributed by atoms with van der Waals surface area (Å²) in [5.41, 5.74) is 6.12. The van der Waals surface area contributed by atoms with Crippen LogP contribution in [0.4, 0.5) is 0 Å². The molecule has 0 amide bonds. The third-order valence-corrected chi connectivity index (χ3v) is 19.5.